The smallest absolute Gasteiger partial charge is 0.253 e. The van der Waals surface area contributed by atoms with E-state index in [-0.39, 0.29) is 11.9 Å². The third-order valence-electron chi connectivity index (χ3n) is 4.55. The van der Waals surface area contributed by atoms with Gasteiger partial charge in [-0.05, 0) is 48.7 Å². The lowest BCUT2D eigenvalue weighted by Crippen LogP contribution is -2.34. The summed E-state index contributed by atoms with van der Waals surface area (Å²) in [6.07, 6.45) is 1.80. The molecule has 0 fully saturated rings. The van der Waals surface area contributed by atoms with Crippen molar-refractivity contribution in [2.75, 3.05) is 17.6 Å². The molecule has 0 aliphatic carbocycles. The van der Waals surface area contributed by atoms with Gasteiger partial charge in [0.25, 0.3) is 5.91 Å². The van der Waals surface area contributed by atoms with Crippen molar-refractivity contribution in [1.82, 2.24) is 4.90 Å². The predicted molar refractivity (Wildman–Crippen MR) is 104 cm³/mol. The maximum Gasteiger partial charge on any atom is 0.253 e. The molecule has 1 amide bonds. The Bertz CT molecular complexity index is 959. The Hall–Kier alpha value is -2.05. The quantitative estimate of drug-likeness (QED) is 0.801. The Balaban J connectivity index is 1.84. The zero-order valence-electron chi connectivity index (χ0n) is 14.9. The molecule has 0 aromatic heterocycles. The minimum absolute atomic E-state index is 0.127. The highest BCUT2D eigenvalue weighted by atomic mass is 35.5. The molecule has 1 heterocycles. The Morgan fingerprint density at radius 3 is 2.62 bits per heavy atom. The highest BCUT2D eigenvalue weighted by Crippen LogP contribution is 2.35. The summed E-state index contributed by atoms with van der Waals surface area (Å²) in [5.41, 5.74) is 2.95. The number of amides is 1. The molecule has 2 aromatic rings. The highest BCUT2D eigenvalue weighted by molar-refractivity contribution is 7.92. The molecule has 5 nitrogen and oxygen atoms in total. The van der Waals surface area contributed by atoms with Crippen LogP contribution >= 0.6 is 11.6 Å². The van der Waals surface area contributed by atoms with Gasteiger partial charge in [-0.25, -0.2) is 8.42 Å². The van der Waals surface area contributed by atoms with Gasteiger partial charge < -0.3 is 4.90 Å². The number of rotatable bonds is 4. The van der Waals surface area contributed by atoms with Crippen LogP contribution in [0.5, 0.6) is 0 Å². The minimum Gasteiger partial charge on any atom is -0.337 e. The fourth-order valence-electron chi connectivity index (χ4n) is 3.42. The first-order valence-electron chi connectivity index (χ1n) is 8.29. The lowest BCUT2D eigenvalue weighted by atomic mass is 10.1. The molecule has 0 radical (unpaired) electrons. The van der Waals surface area contributed by atoms with Gasteiger partial charge in [-0.15, -0.1) is 0 Å². The average molecular weight is 393 g/mol. The Kier molecular flexibility index (Phi) is 4.99. The van der Waals surface area contributed by atoms with Gasteiger partial charge >= 0.3 is 0 Å². The predicted octanol–water partition coefficient (Wildman–Crippen LogP) is 3.32. The second-order valence-electron chi connectivity index (χ2n) is 6.71. The van der Waals surface area contributed by atoms with E-state index in [1.165, 1.54) is 10.6 Å². The summed E-state index contributed by atoms with van der Waals surface area (Å²) >= 11 is 6.17. The number of sulfonamides is 1. The second kappa shape index (κ2) is 6.93. The molecule has 26 heavy (non-hydrogen) atoms. The summed E-state index contributed by atoms with van der Waals surface area (Å²) in [5, 5.41) is 0.624. The van der Waals surface area contributed by atoms with Crippen molar-refractivity contribution in [3.05, 3.63) is 64.2 Å². The van der Waals surface area contributed by atoms with E-state index in [1.807, 2.05) is 25.1 Å². The lowest BCUT2D eigenvalue weighted by Gasteiger charge is -2.22. The third kappa shape index (κ3) is 3.57. The largest absolute Gasteiger partial charge is 0.337 e. The van der Waals surface area contributed by atoms with Gasteiger partial charge in [0.15, 0.2) is 0 Å². The topological polar surface area (TPSA) is 57.7 Å². The highest BCUT2D eigenvalue weighted by Gasteiger charge is 2.33. The molecular weight excluding hydrogens is 372 g/mol. The van der Waals surface area contributed by atoms with E-state index in [1.54, 1.807) is 36.2 Å². The molecule has 138 valence electrons. The van der Waals surface area contributed by atoms with Crippen molar-refractivity contribution in [2.45, 2.75) is 25.9 Å². The fourth-order valence-corrected chi connectivity index (χ4v) is 4.87. The molecule has 0 saturated heterocycles. The van der Waals surface area contributed by atoms with Crippen LogP contribution in [0.15, 0.2) is 42.5 Å². The van der Waals surface area contributed by atoms with Crippen LogP contribution in [0, 0.1) is 0 Å². The van der Waals surface area contributed by atoms with Gasteiger partial charge in [-0.3, -0.25) is 9.10 Å². The van der Waals surface area contributed by atoms with Crippen molar-refractivity contribution in [3.8, 4) is 0 Å². The normalized spacial score (nSPS) is 16.5. The van der Waals surface area contributed by atoms with E-state index in [0.29, 0.717) is 29.2 Å². The number of nitrogens with zero attached hydrogens (tertiary/aromatic N) is 2. The molecule has 1 aliphatic rings. The average Bonchev–Trinajstić information content (AvgIpc) is 2.91. The molecule has 2 aromatic carbocycles. The van der Waals surface area contributed by atoms with Crippen molar-refractivity contribution >= 4 is 33.2 Å². The molecular formula is C19H21ClN2O3S. The Morgan fingerprint density at radius 1 is 1.27 bits per heavy atom. The summed E-state index contributed by atoms with van der Waals surface area (Å²) in [4.78, 5) is 14.4. The summed E-state index contributed by atoms with van der Waals surface area (Å²) < 4.78 is 25.4. The van der Waals surface area contributed by atoms with Gasteiger partial charge in [-0.1, -0.05) is 29.8 Å². The molecule has 0 bridgehead atoms. The molecule has 7 heteroatoms. The lowest BCUT2D eigenvalue weighted by molar-refractivity contribution is 0.0785. The van der Waals surface area contributed by atoms with Crippen LogP contribution in [0.2, 0.25) is 5.02 Å². The van der Waals surface area contributed by atoms with Crippen molar-refractivity contribution in [1.29, 1.82) is 0 Å². The maximum atomic E-state index is 12.8. The summed E-state index contributed by atoms with van der Waals surface area (Å²) in [6.45, 7) is 2.27. The van der Waals surface area contributed by atoms with Gasteiger partial charge in [-0.2, -0.15) is 0 Å². The van der Waals surface area contributed by atoms with Crippen molar-refractivity contribution in [3.63, 3.8) is 0 Å². The van der Waals surface area contributed by atoms with Gasteiger partial charge in [0, 0.05) is 30.2 Å². The molecule has 0 unspecified atom stereocenters. The number of hydrogen-bond donors (Lipinski definition) is 0. The molecule has 1 aliphatic heterocycles. The molecule has 3 rings (SSSR count). The monoisotopic (exact) mass is 392 g/mol. The summed E-state index contributed by atoms with van der Waals surface area (Å²) in [7, 11) is -1.61. The van der Waals surface area contributed by atoms with E-state index in [4.69, 9.17) is 11.6 Å². The third-order valence-corrected chi connectivity index (χ3v) is 6.19. The number of benzene rings is 2. The van der Waals surface area contributed by atoms with E-state index in [9.17, 15) is 13.2 Å². The number of hydrogen-bond acceptors (Lipinski definition) is 3. The molecule has 0 spiro atoms. The van der Waals surface area contributed by atoms with Gasteiger partial charge in [0.1, 0.15) is 0 Å². The second-order valence-corrected chi connectivity index (χ2v) is 8.97. The first kappa shape index (κ1) is 18.7. The van der Waals surface area contributed by atoms with Crippen molar-refractivity contribution < 1.29 is 13.2 Å². The fraction of sp³-hybridized carbons (Fsp3) is 0.316. The van der Waals surface area contributed by atoms with Crippen LogP contribution in [0.3, 0.4) is 0 Å². The van der Waals surface area contributed by atoms with Crippen LogP contribution in [0.25, 0.3) is 0 Å². The number of halogens is 1. The van der Waals surface area contributed by atoms with Gasteiger partial charge in [0.2, 0.25) is 10.0 Å². The van der Waals surface area contributed by atoms with E-state index in [0.717, 1.165) is 11.1 Å². The summed E-state index contributed by atoms with van der Waals surface area (Å²) in [5.74, 6) is -0.127. The molecule has 0 saturated carbocycles. The van der Waals surface area contributed by atoms with Crippen LogP contribution in [-0.2, 0) is 23.0 Å². The standard InChI is InChI=1S/C19H21ClN2O3S/c1-13-10-16-11-14(8-9-18(16)22(13)26(3,24)25)19(23)21(2)12-15-6-4-5-7-17(15)20/h4-9,11,13H,10,12H2,1-3H3/t13-/m1/s1. The van der Waals surface area contributed by atoms with Crippen molar-refractivity contribution in [2.24, 2.45) is 0 Å². The SMILES string of the molecule is C[C@@H]1Cc2cc(C(=O)N(C)Cc3ccccc3Cl)ccc2N1S(C)(=O)=O. The van der Waals surface area contributed by atoms with E-state index >= 15 is 0 Å². The molecule has 1 atom stereocenters. The van der Waals surface area contributed by atoms with E-state index < -0.39 is 10.0 Å². The molecule has 0 N–H and O–H groups in total. The zero-order chi connectivity index (χ0) is 19.1. The number of anilines is 1. The van der Waals surface area contributed by atoms with E-state index in [2.05, 4.69) is 0 Å². The number of fused-ring (bicyclic) bond motifs is 1. The summed E-state index contributed by atoms with van der Waals surface area (Å²) in [6, 6.07) is 12.5. The number of carbonyl (C=O) groups excluding carboxylic acids is 1. The zero-order valence-corrected chi connectivity index (χ0v) is 16.5. The Labute approximate surface area is 159 Å². The van der Waals surface area contributed by atoms with Crippen LogP contribution in [-0.4, -0.2) is 38.6 Å². The van der Waals surface area contributed by atoms with Crippen LogP contribution in [0.1, 0.15) is 28.4 Å². The number of carbonyl (C=O) groups is 1. The maximum absolute atomic E-state index is 12.8. The van der Waals surface area contributed by atoms with Crippen LogP contribution < -0.4 is 4.31 Å². The first-order valence-corrected chi connectivity index (χ1v) is 10.5. The van der Waals surface area contributed by atoms with Crippen LogP contribution in [0.4, 0.5) is 5.69 Å². The Morgan fingerprint density at radius 2 is 1.96 bits per heavy atom. The van der Waals surface area contributed by atoms with Gasteiger partial charge in [0.05, 0.1) is 11.9 Å². The minimum atomic E-state index is -3.34. The first-order chi connectivity index (χ1) is 12.2.